The van der Waals surface area contributed by atoms with Crippen LogP contribution < -0.4 is 4.74 Å². The number of nitrogens with zero attached hydrogens (tertiary/aromatic N) is 6. The number of aryl methyl sites for hydroxylation is 1. The number of tetrazole rings is 1. The van der Waals surface area contributed by atoms with Crippen molar-refractivity contribution in [1.82, 2.24) is 29.8 Å². The van der Waals surface area contributed by atoms with Gasteiger partial charge in [0.1, 0.15) is 5.75 Å². The lowest BCUT2D eigenvalue weighted by Gasteiger charge is -2.26. The Morgan fingerprint density at radius 3 is 2.53 bits per heavy atom. The van der Waals surface area contributed by atoms with E-state index in [0.29, 0.717) is 18.7 Å². The Balaban J connectivity index is 1.72. The average Bonchev–Trinajstić information content (AvgIpc) is 3.24. The number of benzene rings is 2. The lowest BCUT2D eigenvalue weighted by molar-refractivity contribution is 0.165. The molecule has 0 N–H and O–H groups in total. The Morgan fingerprint density at radius 1 is 1.07 bits per heavy atom. The Morgan fingerprint density at radius 2 is 1.83 bits per heavy atom. The third-order valence-electron chi connectivity index (χ3n) is 5.05. The molecule has 0 unspecified atom stereocenters. The second kappa shape index (κ2) is 7.98. The third-order valence-corrected chi connectivity index (χ3v) is 5.05. The molecule has 8 nitrogen and oxygen atoms in total. The first-order valence-corrected chi connectivity index (χ1v) is 9.66. The van der Waals surface area contributed by atoms with E-state index in [9.17, 15) is 4.79 Å². The minimum Gasteiger partial charge on any atom is -0.497 e. The maximum atomic E-state index is 12.9. The van der Waals surface area contributed by atoms with Crippen molar-refractivity contribution in [1.29, 1.82) is 0 Å². The van der Waals surface area contributed by atoms with Gasteiger partial charge in [0.05, 0.1) is 19.2 Å². The van der Waals surface area contributed by atoms with Crippen LogP contribution in [-0.2, 0) is 13.1 Å². The fourth-order valence-electron chi connectivity index (χ4n) is 3.51. The van der Waals surface area contributed by atoms with Gasteiger partial charge in [-0.1, -0.05) is 24.3 Å². The number of fused-ring (bicyclic) bond motifs is 3. The van der Waals surface area contributed by atoms with Crippen LogP contribution in [0.4, 0.5) is 4.79 Å². The Kier molecular flexibility index (Phi) is 5.22. The van der Waals surface area contributed by atoms with Crippen LogP contribution in [-0.4, -0.2) is 57.1 Å². The highest BCUT2D eigenvalue weighted by Gasteiger charge is 2.20. The first-order valence-electron chi connectivity index (χ1n) is 9.66. The molecule has 0 saturated heterocycles. The number of carbonyl (C=O) groups excluding carboxylic acids is 1. The van der Waals surface area contributed by atoms with Crippen molar-refractivity contribution >= 4 is 22.6 Å². The molecule has 0 aliphatic carbocycles. The summed E-state index contributed by atoms with van der Waals surface area (Å²) in [4.78, 5) is 16.3. The lowest BCUT2D eigenvalue weighted by Crippen LogP contribution is -2.38. The summed E-state index contributed by atoms with van der Waals surface area (Å²) < 4.78 is 6.97. The number of pyridine rings is 1. The number of hydrogen-bond acceptors (Lipinski definition) is 5. The average molecular weight is 404 g/mol. The number of ether oxygens (including phenoxy) is 1. The highest BCUT2D eigenvalue weighted by atomic mass is 16.5. The van der Waals surface area contributed by atoms with E-state index < -0.39 is 0 Å². The second-order valence-electron chi connectivity index (χ2n) is 7.53. The van der Waals surface area contributed by atoms with E-state index in [-0.39, 0.29) is 6.03 Å². The standard InChI is InChI=1S/C22H24N6O2/c1-15-5-8-17-12-18(21-23-24-25-28(21)20(17)11-15)14-27(22(29)26(2)3)13-16-6-9-19(30-4)10-7-16/h5-12H,13-14H2,1-4H3. The number of rotatable bonds is 5. The van der Waals surface area contributed by atoms with Crippen molar-refractivity contribution in [3.8, 4) is 5.75 Å². The fourth-order valence-corrected chi connectivity index (χ4v) is 3.51. The number of urea groups is 1. The van der Waals surface area contributed by atoms with E-state index in [4.69, 9.17) is 4.74 Å². The molecule has 154 valence electrons. The summed E-state index contributed by atoms with van der Waals surface area (Å²) in [6.07, 6.45) is 0. The molecule has 0 fully saturated rings. The molecule has 2 amide bonds. The predicted molar refractivity (Wildman–Crippen MR) is 114 cm³/mol. The zero-order chi connectivity index (χ0) is 21.3. The lowest BCUT2D eigenvalue weighted by atomic mass is 10.1. The summed E-state index contributed by atoms with van der Waals surface area (Å²) in [7, 11) is 5.14. The van der Waals surface area contributed by atoms with Crippen LogP contribution in [0.15, 0.2) is 48.5 Å². The van der Waals surface area contributed by atoms with Gasteiger partial charge in [-0.3, -0.25) is 0 Å². The molecule has 0 atom stereocenters. The van der Waals surface area contributed by atoms with Gasteiger partial charge in [-0.25, -0.2) is 4.79 Å². The van der Waals surface area contributed by atoms with Gasteiger partial charge >= 0.3 is 6.03 Å². The van der Waals surface area contributed by atoms with Gasteiger partial charge in [0, 0.05) is 31.6 Å². The van der Waals surface area contributed by atoms with Crippen molar-refractivity contribution < 1.29 is 9.53 Å². The molecular weight excluding hydrogens is 380 g/mol. The number of amides is 2. The SMILES string of the molecule is COc1ccc(CN(Cc2cc3ccc(C)cc3n3nnnc23)C(=O)N(C)C)cc1. The van der Waals surface area contributed by atoms with Crippen LogP contribution in [0.1, 0.15) is 16.7 Å². The third kappa shape index (κ3) is 3.76. The first kappa shape index (κ1) is 19.6. The molecule has 0 aliphatic heterocycles. The first-order chi connectivity index (χ1) is 14.5. The summed E-state index contributed by atoms with van der Waals surface area (Å²) >= 11 is 0. The topological polar surface area (TPSA) is 75.9 Å². The molecule has 4 rings (SSSR count). The van der Waals surface area contributed by atoms with Crippen LogP contribution in [0.25, 0.3) is 16.6 Å². The van der Waals surface area contributed by atoms with Gasteiger partial charge in [0.2, 0.25) is 0 Å². The summed E-state index contributed by atoms with van der Waals surface area (Å²) in [5.41, 5.74) is 4.63. The number of aromatic nitrogens is 4. The highest BCUT2D eigenvalue weighted by Crippen LogP contribution is 2.23. The molecule has 4 aromatic rings. The number of carbonyl (C=O) groups is 1. The number of methoxy groups -OCH3 is 1. The van der Waals surface area contributed by atoms with Crippen LogP contribution in [0.3, 0.4) is 0 Å². The molecule has 8 heteroatoms. The van der Waals surface area contributed by atoms with Crippen LogP contribution in [0.5, 0.6) is 5.75 Å². The van der Waals surface area contributed by atoms with Gasteiger partial charge in [-0.2, -0.15) is 4.52 Å². The van der Waals surface area contributed by atoms with Gasteiger partial charge < -0.3 is 14.5 Å². The normalized spacial score (nSPS) is 11.1. The minimum atomic E-state index is -0.0829. The summed E-state index contributed by atoms with van der Waals surface area (Å²) in [6, 6.07) is 15.9. The van der Waals surface area contributed by atoms with Crippen LogP contribution in [0, 0.1) is 6.92 Å². The molecule has 0 aliphatic rings. The Labute approximate surface area is 174 Å². The summed E-state index contributed by atoms with van der Waals surface area (Å²) in [5.74, 6) is 0.783. The van der Waals surface area contributed by atoms with E-state index in [1.165, 1.54) is 0 Å². The largest absolute Gasteiger partial charge is 0.497 e. The molecule has 2 aromatic carbocycles. The molecule has 0 spiro atoms. The maximum Gasteiger partial charge on any atom is 0.320 e. The minimum absolute atomic E-state index is 0.0829. The van der Waals surface area contributed by atoms with Crippen molar-refractivity contribution in [3.63, 3.8) is 0 Å². The Bertz CT molecular complexity index is 1200. The summed E-state index contributed by atoms with van der Waals surface area (Å²) in [5, 5.41) is 13.3. The van der Waals surface area contributed by atoms with Crippen molar-refractivity contribution in [2.24, 2.45) is 0 Å². The monoisotopic (exact) mass is 404 g/mol. The van der Waals surface area contributed by atoms with E-state index in [1.54, 1.807) is 35.5 Å². The second-order valence-corrected chi connectivity index (χ2v) is 7.53. The molecule has 0 radical (unpaired) electrons. The van der Waals surface area contributed by atoms with Gasteiger partial charge in [-0.15, -0.1) is 5.10 Å². The highest BCUT2D eigenvalue weighted by molar-refractivity contribution is 5.84. The van der Waals surface area contributed by atoms with Gasteiger partial charge in [0.25, 0.3) is 0 Å². The van der Waals surface area contributed by atoms with Crippen molar-refractivity contribution in [3.05, 3.63) is 65.2 Å². The van der Waals surface area contributed by atoms with Crippen molar-refractivity contribution in [2.45, 2.75) is 20.0 Å². The number of hydrogen-bond donors (Lipinski definition) is 0. The van der Waals surface area contributed by atoms with E-state index in [0.717, 1.165) is 33.3 Å². The van der Waals surface area contributed by atoms with Gasteiger partial charge in [-0.05, 0) is 52.7 Å². The zero-order valence-electron chi connectivity index (χ0n) is 17.5. The molecule has 2 heterocycles. The molecule has 2 aromatic heterocycles. The zero-order valence-corrected chi connectivity index (χ0v) is 17.5. The quantitative estimate of drug-likeness (QED) is 0.510. The molecule has 30 heavy (non-hydrogen) atoms. The smallest absolute Gasteiger partial charge is 0.320 e. The van der Waals surface area contributed by atoms with Crippen molar-refractivity contribution in [2.75, 3.05) is 21.2 Å². The Hall–Kier alpha value is -3.68. The van der Waals surface area contributed by atoms with Crippen LogP contribution >= 0.6 is 0 Å². The maximum absolute atomic E-state index is 12.9. The van der Waals surface area contributed by atoms with E-state index >= 15 is 0 Å². The van der Waals surface area contributed by atoms with Gasteiger partial charge in [0.15, 0.2) is 5.65 Å². The molecule has 0 bridgehead atoms. The predicted octanol–water partition coefficient (Wildman–Crippen LogP) is 3.28. The van der Waals surface area contributed by atoms with Crippen LogP contribution in [0.2, 0.25) is 0 Å². The molecular formula is C22H24N6O2. The fraction of sp³-hybridized carbons (Fsp3) is 0.273. The van der Waals surface area contributed by atoms with E-state index in [2.05, 4.69) is 39.8 Å². The molecule has 0 saturated carbocycles. The summed E-state index contributed by atoms with van der Waals surface area (Å²) in [6.45, 7) is 2.88. The van der Waals surface area contributed by atoms with E-state index in [1.807, 2.05) is 31.2 Å².